The molecule has 1 aliphatic rings. The van der Waals surface area contributed by atoms with E-state index in [1.807, 2.05) is 28.5 Å². The molecule has 98 valence electrons. The Morgan fingerprint density at radius 3 is 2.95 bits per heavy atom. The van der Waals surface area contributed by atoms with Gasteiger partial charge in [-0.05, 0) is 5.56 Å². The molecule has 0 spiro atoms. The van der Waals surface area contributed by atoms with E-state index in [4.69, 9.17) is 0 Å². The summed E-state index contributed by atoms with van der Waals surface area (Å²) in [5, 5.41) is 5.26. The van der Waals surface area contributed by atoms with Crippen molar-refractivity contribution in [2.75, 3.05) is 19.6 Å². The Kier molecular flexibility index (Phi) is 3.57. The average molecular weight is 273 g/mol. The van der Waals surface area contributed by atoms with Crippen molar-refractivity contribution in [1.82, 2.24) is 15.2 Å². The molecule has 5 heteroatoms. The van der Waals surface area contributed by atoms with Gasteiger partial charge in [-0.3, -0.25) is 4.79 Å². The van der Waals surface area contributed by atoms with E-state index in [2.05, 4.69) is 22.4 Å². The second kappa shape index (κ2) is 5.50. The molecular weight excluding hydrogens is 258 g/mol. The second-order valence-electron chi connectivity index (χ2n) is 4.54. The highest BCUT2D eigenvalue weighted by molar-refractivity contribution is 7.07. The summed E-state index contributed by atoms with van der Waals surface area (Å²) in [6, 6.07) is 10.4. The van der Waals surface area contributed by atoms with Gasteiger partial charge in [-0.15, -0.1) is 11.3 Å². The molecule has 1 atom stereocenters. The number of piperazine rings is 1. The Balaban J connectivity index is 1.73. The molecule has 0 saturated carbocycles. The predicted octanol–water partition coefficient (Wildman–Crippen LogP) is 1.93. The zero-order chi connectivity index (χ0) is 13.1. The van der Waals surface area contributed by atoms with Crippen molar-refractivity contribution in [1.29, 1.82) is 0 Å². The van der Waals surface area contributed by atoms with Gasteiger partial charge in [0.05, 0.1) is 5.51 Å². The number of amides is 1. The Labute approximate surface area is 116 Å². The predicted molar refractivity (Wildman–Crippen MR) is 75.2 cm³/mol. The minimum Gasteiger partial charge on any atom is -0.334 e. The maximum absolute atomic E-state index is 12.3. The lowest BCUT2D eigenvalue weighted by molar-refractivity contribution is 0.0698. The quantitative estimate of drug-likeness (QED) is 0.909. The minimum absolute atomic E-state index is 0.0312. The van der Waals surface area contributed by atoms with E-state index in [9.17, 15) is 4.79 Å². The molecule has 1 fully saturated rings. The molecule has 3 rings (SSSR count). The molecule has 2 aromatic rings. The van der Waals surface area contributed by atoms with Crippen molar-refractivity contribution in [2.45, 2.75) is 6.04 Å². The molecule has 1 N–H and O–H groups in total. The summed E-state index contributed by atoms with van der Waals surface area (Å²) in [5.41, 5.74) is 3.47. The van der Waals surface area contributed by atoms with Crippen LogP contribution >= 0.6 is 11.3 Å². The lowest BCUT2D eigenvalue weighted by Gasteiger charge is -2.33. The molecule has 1 amide bonds. The standard InChI is InChI=1S/C14H15N3OS/c18-14(13-9-19-10-16-13)17-7-6-15-12(8-17)11-4-2-1-3-5-11/h1-5,9-10,12,15H,6-8H2. The smallest absolute Gasteiger partial charge is 0.273 e. The molecule has 19 heavy (non-hydrogen) atoms. The van der Waals surface area contributed by atoms with Gasteiger partial charge in [-0.2, -0.15) is 0 Å². The topological polar surface area (TPSA) is 45.2 Å². The van der Waals surface area contributed by atoms with Crippen molar-refractivity contribution >= 4 is 17.2 Å². The molecule has 1 aromatic carbocycles. The summed E-state index contributed by atoms with van der Waals surface area (Å²) < 4.78 is 0. The van der Waals surface area contributed by atoms with Gasteiger partial charge in [0.2, 0.25) is 0 Å². The number of aromatic nitrogens is 1. The Morgan fingerprint density at radius 1 is 1.37 bits per heavy atom. The summed E-state index contributed by atoms with van der Waals surface area (Å²) in [5.74, 6) is 0.0312. The molecule has 1 unspecified atom stereocenters. The van der Waals surface area contributed by atoms with E-state index in [0.717, 1.165) is 13.1 Å². The summed E-state index contributed by atoms with van der Waals surface area (Å²) in [6.07, 6.45) is 0. The third kappa shape index (κ3) is 2.67. The number of thiazole rings is 1. The maximum atomic E-state index is 12.3. The van der Waals surface area contributed by atoms with Crippen LogP contribution < -0.4 is 5.32 Å². The van der Waals surface area contributed by atoms with Gasteiger partial charge < -0.3 is 10.2 Å². The van der Waals surface area contributed by atoms with Crippen molar-refractivity contribution in [3.8, 4) is 0 Å². The number of carbonyl (C=O) groups excluding carboxylic acids is 1. The Bertz CT molecular complexity index is 541. The lowest BCUT2D eigenvalue weighted by atomic mass is 10.0. The first-order valence-corrected chi connectivity index (χ1v) is 7.24. The largest absolute Gasteiger partial charge is 0.334 e. The van der Waals surface area contributed by atoms with Crippen LogP contribution in [0, 0.1) is 0 Å². The third-order valence-corrected chi connectivity index (χ3v) is 3.90. The lowest BCUT2D eigenvalue weighted by Crippen LogP contribution is -2.48. The summed E-state index contributed by atoms with van der Waals surface area (Å²) in [4.78, 5) is 18.3. The Morgan fingerprint density at radius 2 is 2.21 bits per heavy atom. The SMILES string of the molecule is O=C(c1cscn1)N1CCNC(c2ccccc2)C1. The van der Waals surface area contributed by atoms with Crippen LogP contribution in [0.2, 0.25) is 0 Å². The van der Waals surface area contributed by atoms with Crippen LogP contribution in [0.3, 0.4) is 0 Å². The van der Waals surface area contributed by atoms with E-state index >= 15 is 0 Å². The number of rotatable bonds is 2. The zero-order valence-corrected chi connectivity index (χ0v) is 11.3. The Hall–Kier alpha value is -1.72. The van der Waals surface area contributed by atoms with Crippen LogP contribution in [0.25, 0.3) is 0 Å². The van der Waals surface area contributed by atoms with Crippen LogP contribution in [-0.4, -0.2) is 35.4 Å². The summed E-state index contributed by atoms with van der Waals surface area (Å²) in [7, 11) is 0. The van der Waals surface area contributed by atoms with Crippen LogP contribution in [-0.2, 0) is 0 Å². The molecule has 1 aliphatic heterocycles. The second-order valence-corrected chi connectivity index (χ2v) is 5.26. The van der Waals surface area contributed by atoms with Crippen molar-refractivity contribution in [2.24, 2.45) is 0 Å². The summed E-state index contributed by atoms with van der Waals surface area (Å²) in [6.45, 7) is 2.25. The highest BCUT2D eigenvalue weighted by Crippen LogP contribution is 2.18. The fourth-order valence-corrected chi connectivity index (χ4v) is 2.85. The van der Waals surface area contributed by atoms with Crippen LogP contribution in [0.5, 0.6) is 0 Å². The third-order valence-electron chi connectivity index (χ3n) is 3.32. The number of hydrogen-bond acceptors (Lipinski definition) is 4. The van der Waals surface area contributed by atoms with Crippen LogP contribution in [0.1, 0.15) is 22.1 Å². The molecule has 0 aliphatic carbocycles. The van der Waals surface area contributed by atoms with Crippen LogP contribution in [0.15, 0.2) is 41.2 Å². The number of carbonyl (C=O) groups is 1. The zero-order valence-electron chi connectivity index (χ0n) is 10.5. The highest BCUT2D eigenvalue weighted by atomic mass is 32.1. The first kappa shape index (κ1) is 12.3. The molecule has 0 radical (unpaired) electrons. The highest BCUT2D eigenvalue weighted by Gasteiger charge is 2.25. The first-order chi connectivity index (χ1) is 9.34. The monoisotopic (exact) mass is 273 g/mol. The fourth-order valence-electron chi connectivity index (χ4n) is 2.32. The van der Waals surface area contributed by atoms with Gasteiger partial charge in [0.25, 0.3) is 5.91 Å². The number of nitrogens with one attached hydrogen (secondary N) is 1. The maximum Gasteiger partial charge on any atom is 0.273 e. The van der Waals surface area contributed by atoms with Crippen LogP contribution in [0.4, 0.5) is 0 Å². The van der Waals surface area contributed by atoms with Crippen molar-refractivity contribution in [3.05, 3.63) is 52.5 Å². The fraction of sp³-hybridized carbons (Fsp3) is 0.286. The van der Waals surface area contributed by atoms with Gasteiger partial charge in [-0.1, -0.05) is 30.3 Å². The van der Waals surface area contributed by atoms with E-state index in [1.165, 1.54) is 16.9 Å². The van der Waals surface area contributed by atoms with Gasteiger partial charge in [0.1, 0.15) is 5.69 Å². The summed E-state index contributed by atoms with van der Waals surface area (Å²) >= 11 is 1.45. The van der Waals surface area contributed by atoms with Crippen molar-refractivity contribution in [3.63, 3.8) is 0 Å². The molecule has 0 bridgehead atoms. The van der Waals surface area contributed by atoms with Gasteiger partial charge in [-0.25, -0.2) is 4.98 Å². The average Bonchev–Trinajstić information content (AvgIpc) is 3.02. The minimum atomic E-state index is 0.0312. The normalized spacial score (nSPS) is 19.4. The molecule has 2 heterocycles. The number of hydrogen-bond donors (Lipinski definition) is 1. The van der Waals surface area contributed by atoms with E-state index in [1.54, 1.807) is 5.51 Å². The number of benzene rings is 1. The van der Waals surface area contributed by atoms with E-state index < -0.39 is 0 Å². The van der Waals surface area contributed by atoms with E-state index in [-0.39, 0.29) is 11.9 Å². The van der Waals surface area contributed by atoms with E-state index in [0.29, 0.717) is 12.2 Å². The van der Waals surface area contributed by atoms with Crippen molar-refractivity contribution < 1.29 is 4.79 Å². The molecule has 4 nitrogen and oxygen atoms in total. The number of nitrogens with zero attached hydrogens (tertiary/aromatic N) is 2. The van der Waals surface area contributed by atoms with Gasteiger partial charge >= 0.3 is 0 Å². The van der Waals surface area contributed by atoms with Gasteiger partial charge in [0.15, 0.2) is 0 Å². The molecular formula is C14H15N3OS. The van der Waals surface area contributed by atoms with Gasteiger partial charge in [0, 0.05) is 31.1 Å². The molecule has 1 saturated heterocycles. The first-order valence-electron chi connectivity index (χ1n) is 6.30. The molecule has 1 aromatic heterocycles.